The van der Waals surface area contributed by atoms with Gasteiger partial charge >= 0.3 is 0 Å². The summed E-state index contributed by atoms with van der Waals surface area (Å²) in [5.41, 5.74) is 0.372. The van der Waals surface area contributed by atoms with Crippen LogP contribution < -0.4 is 4.74 Å². The fraction of sp³-hybridized carbons (Fsp3) is 0.154. The predicted molar refractivity (Wildman–Crippen MR) is 65.3 cm³/mol. The molecule has 17 heavy (non-hydrogen) atoms. The van der Waals surface area contributed by atoms with Crippen molar-refractivity contribution in [2.75, 3.05) is 7.11 Å². The molecule has 0 aliphatic rings. The number of halogens is 1. The van der Waals surface area contributed by atoms with Gasteiger partial charge in [0.2, 0.25) is 0 Å². The Balaban J connectivity index is 2.17. The predicted octanol–water partition coefficient (Wildman–Crippen LogP) is 3.32. The monoisotopic (exact) mass is 250 g/mol. The van der Waals surface area contributed by atoms with Crippen LogP contribution in [0.3, 0.4) is 0 Å². The summed E-state index contributed by atoms with van der Waals surface area (Å²) in [5.74, 6) is -0.448. The van der Waals surface area contributed by atoms with Gasteiger partial charge in [-0.3, -0.25) is 4.79 Å². The number of hydrogen-bond donors (Lipinski definition) is 0. The molecule has 1 aromatic carbocycles. The van der Waals surface area contributed by atoms with Crippen LogP contribution in [0.2, 0.25) is 0 Å². The van der Waals surface area contributed by atoms with Crippen LogP contribution in [-0.2, 0) is 6.42 Å². The number of ether oxygens (including phenoxy) is 1. The lowest BCUT2D eigenvalue weighted by Crippen LogP contribution is -2.03. The topological polar surface area (TPSA) is 26.3 Å². The number of rotatable bonds is 4. The molecule has 0 fully saturated rings. The lowest BCUT2D eigenvalue weighted by atomic mass is 10.1. The van der Waals surface area contributed by atoms with Gasteiger partial charge in [0.25, 0.3) is 0 Å². The van der Waals surface area contributed by atoms with Crippen LogP contribution in [-0.4, -0.2) is 12.9 Å². The van der Waals surface area contributed by atoms with Gasteiger partial charge in [0.05, 0.1) is 7.11 Å². The molecule has 4 heteroatoms. The third kappa shape index (κ3) is 2.71. The highest BCUT2D eigenvalue weighted by atomic mass is 32.1. The Morgan fingerprint density at radius 1 is 1.41 bits per heavy atom. The SMILES string of the molecule is COc1ccc(C(=O)Cc2cccs2)cc1F. The van der Waals surface area contributed by atoms with Gasteiger partial charge in [-0.25, -0.2) is 4.39 Å². The van der Waals surface area contributed by atoms with E-state index in [1.165, 1.54) is 30.6 Å². The largest absolute Gasteiger partial charge is 0.494 e. The van der Waals surface area contributed by atoms with Crippen molar-refractivity contribution < 1.29 is 13.9 Å². The first-order valence-electron chi connectivity index (χ1n) is 5.10. The molecule has 0 spiro atoms. The van der Waals surface area contributed by atoms with E-state index in [9.17, 15) is 9.18 Å². The molecular weight excluding hydrogens is 239 g/mol. The first-order chi connectivity index (χ1) is 8.20. The Kier molecular flexibility index (Phi) is 3.54. The molecule has 1 aromatic heterocycles. The fourth-order valence-corrected chi connectivity index (χ4v) is 2.22. The van der Waals surface area contributed by atoms with Crippen LogP contribution >= 0.6 is 11.3 Å². The van der Waals surface area contributed by atoms with Gasteiger partial charge in [0, 0.05) is 16.9 Å². The smallest absolute Gasteiger partial charge is 0.168 e. The minimum absolute atomic E-state index is 0.0889. The molecule has 0 saturated carbocycles. The van der Waals surface area contributed by atoms with E-state index in [0.29, 0.717) is 12.0 Å². The molecule has 0 amide bonds. The molecule has 88 valence electrons. The molecule has 0 aliphatic heterocycles. The Morgan fingerprint density at radius 2 is 2.24 bits per heavy atom. The van der Waals surface area contributed by atoms with Crippen molar-refractivity contribution in [1.82, 2.24) is 0 Å². The lowest BCUT2D eigenvalue weighted by Gasteiger charge is -2.04. The normalized spacial score (nSPS) is 10.2. The average molecular weight is 250 g/mol. The van der Waals surface area contributed by atoms with Crippen molar-refractivity contribution in [2.45, 2.75) is 6.42 Å². The maximum atomic E-state index is 13.4. The highest BCUT2D eigenvalue weighted by Crippen LogP contribution is 2.19. The molecule has 0 N–H and O–H groups in total. The molecule has 2 rings (SSSR count). The molecule has 0 radical (unpaired) electrons. The van der Waals surface area contributed by atoms with Crippen LogP contribution in [0.1, 0.15) is 15.2 Å². The second kappa shape index (κ2) is 5.10. The van der Waals surface area contributed by atoms with Crippen molar-refractivity contribution in [3.8, 4) is 5.75 Å². The van der Waals surface area contributed by atoms with Gasteiger partial charge in [-0.15, -0.1) is 11.3 Å². The van der Waals surface area contributed by atoms with E-state index in [-0.39, 0.29) is 11.5 Å². The molecular formula is C13H11FO2S. The molecule has 2 aromatic rings. The molecule has 0 atom stereocenters. The third-order valence-electron chi connectivity index (χ3n) is 2.39. The maximum Gasteiger partial charge on any atom is 0.168 e. The summed E-state index contributed by atoms with van der Waals surface area (Å²) >= 11 is 1.52. The van der Waals surface area contributed by atoms with Gasteiger partial charge in [-0.2, -0.15) is 0 Å². The van der Waals surface area contributed by atoms with Crippen molar-refractivity contribution in [2.24, 2.45) is 0 Å². The van der Waals surface area contributed by atoms with Crippen LogP contribution in [0.15, 0.2) is 35.7 Å². The third-order valence-corrected chi connectivity index (χ3v) is 3.27. The van der Waals surface area contributed by atoms with Crippen LogP contribution in [0.4, 0.5) is 4.39 Å². The molecule has 0 bridgehead atoms. The van der Waals surface area contributed by atoms with E-state index in [1.807, 2.05) is 17.5 Å². The molecule has 0 aliphatic carbocycles. The van der Waals surface area contributed by atoms with Crippen molar-refractivity contribution >= 4 is 17.1 Å². The van der Waals surface area contributed by atoms with Gasteiger partial charge in [-0.05, 0) is 29.6 Å². The first kappa shape index (κ1) is 11.8. The van der Waals surface area contributed by atoms with Gasteiger partial charge in [-0.1, -0.05) is 6.07 Å². The average Bonchev–Trinajstić information content (AvgIpc) is 2.81. The number of benzene rings is 1. The number of carbonyl (C=O) groups excluding carboxylic acids is 1. The lowest BCUT2D eigenvalue weighted by molar-refractivity contribution is 0.0993. The van der Waals surface area contributed by atoms with E-state index in [1.54, 1.807) is 6.07 Å². The van der Waals surface area contributed by atoms with Crippen LogP contribution in [0, 0.1) is 5.82 Å². The minimum atomic E-state index is -0.510. The fourth-order valence-electron chi connectivity index (χ4n) is 1.51. The standard InChI is InChI=1S/C13H11FO2S/c1-16-13-5-4-9(7-11(13)14)12(15)8-10-3-2-6-17-10/h2-7H,8H2,1H3. The first-order valence-corrected chi connectivity index (χ1v) is 5.98. The zero-order valence-electron chi connectivity index (χ0n) is 9.27. The van der Waals surface area contributed by atoms with Gasteiger partial charge < -0.3 is 4.74 Å². The van der Waals surface area contributed by atoms with E-state index in [2.05, 4.69) is 0 Å². The number of thiophene rings is 1. The number of ketones is 1. The summed E-state index contributed by atoms with van der Waals surface area (Å²) in [4.78, 5) is 12.8. The molecule has 2 nitrogen and oxygen atoms in total. The Hall–Kier alpha value is -1.68. The Morgan fingerprint density at radius 3 is 2.82 bits per heavy atom. The molecule has 1 heterocycles. The van der Waals surface area contributed by atoms with Crippen molar-refractivity contribution in [1.29, 1.82) is 0 Å². The Labute approximate surface area is 103 Å². The molecule has 0 unspecified atom stereocenters. The van der Waals surface area contributed by atoms with E-state index < -0.39 is 5.82 Å². The van der Waals surface area contributed by atoms with Crippen LogP contribution in [0.25, 0.3) is 0 Å². The summed E-state index contributed by atoms with van der Waals surface area (Å²) in [7, 11) is 1.39. The summed E-state index contributed by atoms with van der Waals surface area (Å²) in [6.45, 7) is 0. The van der Waals surface area contributed by atoms with E-state index in [0.717, 1.165) is 4.88 Å². The maximum absolute atomic E-state index is 13.4. The van der Waals surface area contributed by atoms with Gasteiger partial charge in [0.1, 0.15) is 0 Å². The second-order valence-electron chi connectivity index (χ2n) is 3.53. The summed E-state index contributed by atoms with van der Waals surface area (Å²) in [6.07, 6.45) is 0.309. The number of carbonyl (C=O) groups is 1. The summed E-state index contributed by atoms with van der Waals surface area (Å²) < 4.78 is 18.2. The van der Waals surface area contributed by atoms with Crippen molar-refractivity contribution in [3.05, 3.63) is 52.0 Å². The zero-order valence-corrected chi connectivity index (χ0v) is 10.1. The number of Topliss-reactive ketones (excluding diaryl/α,β-unsaturated/α-hetero) is 1. The van der Waals surface area contributed by atoms with Crippen molar-refractivity contribution in [3.63, 3.8) is 0 Å². The highest BCUT2D eigenvalue weighted by molar-refractivity contribution is 7.10. The molecule has 0 saturated heterocycles. The van der Waals surface area contributed by atoms with Crippen LogP contribution in [0.5, 0.6) is 5.75 Å². The Bertz CT molecular complexity index is 520. The van der Waals surface area contributed by atoms with E-state index in [4.69, 9.17) is 4.74 Å². The number of methoxy groups -OCH3 is 1. The number of hydrogen-bond acceptors (Lipinski definition) is 3. The second-order valence-corrected chi connectivity index (χ2v) is 4.56. The minimum Gasteiger partial charge on any atom is -0.494 e. The zero-order chi connectivity index (χ0) is 12.3. The van der Waals surface area contributed by atoms with Gasteiger partial charge in [0.15, 0.2) is 17.3 Å². The van der Waals surface area contributed by atoms with E-state index >= 15 is 0 Å². The quantitative estimate of drug-likeness (QED) is 0.778. The summed E-state index contributed by atoms with van der Waals surface area (Å²) in [6, 6.07) is 8.05. The summed E-state index contributed by atoms with van der Waals surface area (Å²) in [5, 5.41) is 1.91. The highest BCUT2D eigenvalue weighted by Gasteiger charge is 2.11.